The van der Waals surface area contributed by atoms with E-state index in [1.54, 1.807) is 0 Å². The molecule has 0 saturated heterocycles. The minimum atomic E-state index is 0.921. The molecule has 0 radical (unpaired) electrons. The highest BCUT2D eigenvalue weighted by molar-refractivity contribution is 6.04. The van der Waals surface area contributed by atoms with Crippen molar-refractivity contribution in [2.75, 3.05) is 0 Å². The van der Waals surface area contributed by atoms with Gasteiger partial charge in [-0.15, -0.1) is 0 Å². The van der Waals surface area contributed by atoms with Crippen LogP contribution in [-0.2, 0) is 0 Å². The molecule has 0 spiro atoms. The molecule has 0 nitrogen and oxygen atoms in total. The van der Waals surface area contributed by atoms with Gasteiger partial charge in [0.05, 0.1) is 0 Å². The molecule has 0 bridgehead atoms. The molecule has 0 aliphatic heterocycles. The minimum absolute atomic E-state index is 0.921. The fourth-order valence-electron chi connectivity index (χ4n) is 8.73. The second-order valence-electron chi connectivity index (χ2n) is 18.4. The van der Waals surface area contributed by atoms with Crippen LogP contribution in [0.25, 0.3) is 22.3 Å². The lowest BCUT2D eigenvalue weighted by atomic mass is 9.67. The first-order valence-corrected chi connectivity index (χ1v) is 23.6. The monoisotopic (exact) mass is 872 g/mol. The van der Waals surface area contributed by atoms with E-state index in [0.29, 0.717) is 0 Å². The van der Waals surface area contributed by atoms with Crippen LogP contribution in [0.3, 0.4) is 0 Å². The molecule has 0 heteroatoms. The first-order valence-electron chi connectivity index (χ1n) is 23.6. The molecule has 0 N–H and O–H groups in total. The van der Waals surface area contributed by atoms with E-state index in [1.807, 2.05) is 0 Å². The fraction of sp³-hybridized carbons (Fsp3) is 0.118. The van der Waals surface area contributed by atoms with Crippen LogP contribution in [0.4, 0.5) is 0 Å². The highest BCUT2D eigenvalue weighted by Gasteiger charge is 2.37. The van der Waals surface area contributed by atoms with Gasteiger partial charge in [-0.1, -0.05) is 262 Å². The van der Waals surface area contributed by atoms with Gasteiger partial charge in [-0.2, -0.15) is 0 Å². The lowest BCUT2D eigenvalue weighted by Gasteiger charge is -2.33. The third kappa shape index (κ3) is 9.84. The molecule has 1 fully saturated rings. The largest absolute Gasteiger partial charge is 0.0603 e. The Morgan fingerprint density at radius 2 is 0.382 bits per heavy atom. The average Bonchev–Trinajstić information content (AvgIpc) is 3.34. The molecule has 1 aliphatic carbocycles. The molecular weight excluding hydrogens is 817 g/mol. The van der Waals surface area contributed by atoms with Crippen molar-refractivity contribution in [3.05, 3.63) is 328 Å². The summed E-state index contributed by atoms with van der Waals surface area (Å²) in [5.41, 5.74) is 42.1. The Labute approximate surface area is 404 Å². The Hall–Kier alpha value is -8.16. The minimum Gasteiger partial charge on any atom is -0.0603 e. The second-order valence-corrected chi connectivity index (χ2v) is 18.4. The molecule has 68 heavy (non-hydrogen) atoms. The van der Waals surface area contributed by atoms with Gasteiger partial charge >= 0.3 is 0 Å². The Kier molecular flexibility index (Phi) is 13.1. The summed E-state index contributed by atoms with van der Waals surface area (Å²) in [4.78, 5) is 0. The maximum atomic E-state index is 3.90. The van der Waals surface area contributed by atoms with Crippen LogP contribution in [0.2, 0.25) is 0 Å². The number of aryl methyl sites for hydroxylation is 8. The molecule has 0 unspecified atom stereocenters. The van der Waals surface area contributed by atoms with Gasteiger partial charge in [-0.05, 0) is 111 Å². The van der Waals surface area contributed by atoms with Gasteiger partial charge < -0.3 is 0 Å². The molecule has 328 valence electrons. The van der Waals surface area contributed by atoms with Gasteiger partial charge in [-0.3, -0.25) is 0 Å². The Bertz CT molecular complexity index is 3000. The normalized spacial score (nSPS) is 11.8. The predicted molar refractivity (Wildman–Crippen MR) is 288 cm³/mol. The van der Waals surface area contributed by atoms with Crippen LogP contribution >= 0.6 is 0 Å². The zero-order valence-corrected chi connectivity index (χ0v) is 40.5. The van der Waals surface area contributed by atoms with Crippen LogP contribution in [0.1, 0.15) is 89.0 Å². The molecule has 0 aromatic heterocycles. The van der Waals surface area contributed by atoms with Gasteiger partial charge in [0.1, 0.15) is 0 Å². The zero-order chi connectivity index (χ0) is 47.3. The predicted octanol–water partition coefficient (Wildman–Crippen LogP) is 17.1. The molecule has 0 atom stereocenters. The summed E-state index contributed by atoms with van der Waals surface area (Å²) in [5.74, 6) is 0. The van der Waals surface area contributed by atoms with E-state index < -0.39 is 0 Å². The molecule has 0 heterocycles. The summed E-state index contributed by atoms with van der Waals surface area (Å²) in [6, 6.07) is 70.8. The van der Waals surface area contributed by atoms with Gasteiger partial charge in [-0.25, -0.2) is 0 Å². The SMILES string of the molecule is Cc1ccc(C(=C=C=C2C(=C=C=C(c3ccc(C)cc3)c3ccc(C)cc3)C(=C(c3ccc(C)cc3)c3ccc(C)cc3)C2=C(c2ccc(C)cc2)c2ccc(C)cc2)c2ccc(C)cc2)cc1. The van der Waals surface area contributed by atoms with Gasteiger partial charge in [0.15, 0.2) is 0 Å². The van der Waals surface area contributed by atoms with Gasteiger partial charge in [0.25, 0.3) is 0 Å². The highest BCUT2D eigenvalue weighted by atomic mass is 14.4. The van der Waals surface area contributed by atoms with Crippen LogP contribution in [0, 0.1) is 55.4 Å². The molecule has 9 rings (SSSR count). The number of hydrogen-bond donors (Lipinski definition) is 0. The van der Waals surface area contributed by atoms with Crippen molar-refractivity contribution < 1.29 is 0 Å². The van der Waals surface area contributed by atoms with Crippen molar-refractivity contribution in [2.45, 2.75) is 55.4 Å². The van der Waals surface area contributed by atoms with E-state index in [0.717, 1.165) is 89.1 Å². The summed E-state index contributed by atoms with van der Waals surface area (Å²) in [6.07, 6.45) is 0. The first kappa shape index (κ1) is 45.0. The van der Waals surface area contributed by atoms with Crippen LogP contribution in [-0.4, -0.2) is 0 Å². The molecular formula is C68H56. The van der Waals surface area contributed by atoms with E-state index in [-0.39, 0.29) is 0 Å². The summed E-state index contributed by atoms with van der Waals surface area (Å²) in [7, 11) is 0. The van der Waals surface area contributed by atoms with Gasteiger partial charge in [0, 0.05) is 33.4 Å². The molecule has 8 aromatic carbocycles. The number of hydrogen-bond acceptors (Lipinski definition) is 0. The molecule has 0 amide bonds. The average molecular weight is 873 g/mol. The van der Waals surface area contributed by atoms with E-state index in [9.17, 15) is 0 Å². The summed E-state index contributed by atoms with van der Waals surface area (Å²) in [5, 5.41) is 0. The highest BCUT2D eigenvalue weighted by Crippen LogP contribution is 2.53. The Morgan fingerprint density at radius 1 is 0.221 bits per heavy atom. The Balaban J connectivity index is 1.55. The number of benzene rings is 8. The number of rotatable bonds is 8. The zero-order valence-electron chi connectivity index (χ0n) is 40.5. The lowest BCUT2D eigenvalue weighted by molar-refractivity contribution is 1.24. The van der Waals surface area contributed by atoms with E-state index in [2.05, 4.69) is 272 Å². The van der Waals surface area contributed by atoms with Crippen molar-refractivity contribution >= 4 is 22.3 Å². The van der Waals surface area contributed by atoms with Gasteiger partial charge in [0.2, 0.25) is 0 Å². The van der Waals surface area contributed by atoms with Crippen molar-refractivity contribution in [3.8, 4) is 0 Å². The van der Waals surface area contributed by atoms with Crippen LogP contribution in [0.5, 0.6) is 0 Å². The molecule has 1 aliphatic rings. The van der Waals surface area contributed by atoms with E-state index in [4.69, 9.17) is 0 Å². The molecule has 8 aromatic rings. The maximum absolute atomic E-state index is 3.90. The smallest absolute Gasteiger partial charge is 0.0497 e. The third-order valence-corrected chi connectivity index (χ3v) is 12.8. The topological polar surface area (TPSA) is 0 Å². The fourth-order valence-corrected chi connectivity index (χ4v) is 8.73. The maximum Gasteiger partial charge on any atom is 0.0497 e. The molecule has 1 saturated carbocycles. The summed E-state index contributed by atoms with van der Waals surface area (Å²) in [6.45, 7) is 17.1. The Morgan fingerprint density at radius 3 is 0.559 bits per heavy atom. The second kappa shape index (κ2) is 19.7. The van der Waals surface area contributed by atoms with Crippen molar-refractivity contribution in [3.63, 3.8) is 0 Å². The van der Waals surface area contributed by atoms with E-state index in [1.165, 1.54) is 44.5 Å². The first-order chi connectivity index (χ1) is 33.0. The van der Waals surface area contributed by atoms with Crippen LogP contribution < -0.4 is 0 Å². The van der Waals surface area contributed by atoms with Crippen molar-refractivity contribution in [1.82, 2.24) is 0 Å². The number of allylic oxidation sites excluding steroid dienone is 4. The quantitative estimate of drug-likeness (QED) is 0.133. The lowest BCUT2D eigenvalue weighted by Crippen LogP contribution is -2.18. The van der Waals surface area contributed by atoms with Crippen LogP contribution in [0.15, 0.2) is 239 Å². The third-order valence-electron chi connectivity index (χ3n) is 12.8. The van der Waals surface area contributed by atoms with Crippen molar-refractivity contribution in [2.24, 2.45) is 0 Å². The van der Waals surface area contributed by atoms with E-state index >= 15 is 0 Å². The standard InChI is InChI=1S/C68H56/c1-45-9-25-53(26-10-45)61(54-27-11-46(2)12-28-54)41-43-63-64(44-42-62(55-29-13-47(3)14-30-55)56-31-15-48(4)16-32-56)68(66(59-37-21-51(7)22-38-59)60-39-23-52(8)24-40-60)67(63)65(57-33-17-49(5)18-34-57)58-35-19-50(6)20-36-58/h9-40H,1-8H3. The summed E-state index contributed by atoms with van der Waals surface area (Å²) >= 11 is 0. The summed E-state index contributed by atoms with van der Waals surface area (Å²) < 4.78 is 0. The van der Waals surface area contributed by atoms with Crippen molar-refractivity contribution in [1.29, 1.82) is 0 Å².